The van der Waals surface area contributed by atoms with Crippen molar-refractivity contribution in [1.29, 1.82) is 0 Å². The summed E-state index contributed by atoms with van der Waals surface area (Å²) in [7, 11) is 0. The van der Waals surface area contributed by atoms with Crippen LogP contribution < -0.4 is 20.9 Å². The van der Waals surface area contributed by atoms with E-state index < -0.39 is 35.5 Å². The summed E-state index contributed by atoms with van der Waals surface area (Å²) >= 11 is 6.96. The number of carbonyl (C=O) groups excluding carboxylic acids is 3. The molecule has 2 aromatic rings. The fourth-order valence-electron chi connectivity index (χ4n) is 3.68. The third kappa shape index (κ3) is 6.75. The SMILES string of the molecule is O=C(NC[C@@H](NCC1CC1)C(=O)Nc1ccc(N2CCOCC2=O)c(C(F)(F)F)c1)c1ccc(Cl)s1. The molecule has 1 aliphatic heterocycles. The standard InChI is InChI=1S/C23H24ClF3N4O4S/c24-19-6-5-18(36-19)22(34)29-11-16(28-10-13-1-2-13)21(33)30-14-3-4-17(15(9-14)23(25,26)27)31-7-8-35-12-20(31)32/h3-6,9,13,16,28H,1-2,7-8,10-12H2,(H,29,34)(H,30,33)/t16-/m1/s1. The molecule has 1 aromatic carbocycles. The molecule has 0 unspecified atom stereocenters. The second-order valence-electron chi connectivity index (χ2n) is 8.53. The quantitative estimate of drug-likeness (QED) is 0.449. The van der Waals surface area contributed by atoms with Crippen LogP contribution in [0.25, 0.3) is 0 Å². The van der Waals surface area contributed by atoms with E-state index in [1.807, 2.05) is 0 Å². The molecule has 3 amide bonds. The summed E-state index contributed by atoms with van der Waals surface area (Å²) in [5.74, 6) is -1.15. The van der Waals surface area contributed by atoms with Gasteiger partial charge in [0.05, 0.1) is 27.1 Å². The van der Waals surface area contributed by atoms with E-state index in [0.717, 1.165) is 41.2 Å². The van der Waals surface area contributed by atoms with Crippen LogP contribution in [0.3, 0.4) is 0 Å². The van der Waals surface area contributed by atoms with E-state index in [2.05, 4.69) is 16.0 Å². The molecule has 2 fully saturated rings. The molecule has 2 aliphatic rings. The number of anilines is 2. The number of nitrogens with zero attached hydrogens (tertiary/aromatic N) is 1. The average Bonchev–Trinajstić information content (AvgIpc) is 3.56. The molecule has 3 N–H and O–H groups in total. The highest BCUT2D eigenvalue weighted by Crippen LogP contribution is 2.39. The largest absolute Gasteiger partial charge is 0.418 e. The second-order valence-corrected chi connectivity index (χ2v) is 10.2. The van der Waals surface area contributed by atoms with E-state index in [0.29, 0.717) is 21.7 Å². The van der Waals surface area contributed by atoms with Gasteiger partial charge in [-0.25, -0.2) is 0 Å². The molecule has 0 radical (unpaired) electrons. The van der Waals surface area contributed by atoms with E-state index >= 15 is 0 Å². The highest BCUT2D eigenvalue weighted by atomic mass is 35.5. The van der Waals surface area contributed by atoms with Gasteiger partial charge < -0.3 is 25.6 Å². The Morgan fingerprint density at radius 3 is 2.64 bits per heavy atom. The zero-order chi connectivity index (χ0) is 25.9. The van der Waals surface area contributed by atoms with Gasteiger partial charge in [0.2, 0.25) is 5.91 Å². The molecule has 1 saturated heterocycles. The predicted octanol–water partition coefficient (Wildman–Crippen LogP) is 3.52. The Labute approximate surface area is 214 Å². The van der Waals surface area contributed by atoms with Crippen molar-refractivity contribution in [3.8, 4) is 0 Å². The van der Waals surface area contributed by atoms with Crippen LogP contribution in [0.5, 0.6) is 0 Å². The van der Waals surface area contributed by atoms with E-state index in [9.17, 15) is 27.6 Å². The molecule has 0 spiro atoms. The lowest BCUT2D eigenvalue weighted by molar-refractivity contribution is -0.137. The molecule has 1 aromatic heterocycles. The van der Waals surface area contributed by atoms with Crippen LogP contribution >= 0.6 is 22.9 Å². The smallest absolute Gasteiger partial charge is 0.370 e. The van der Waals surface area contributed by atoms with Gasteiger partial charge in [0.15, 0.2) is 0 Å². The molecule has 1 saturated carbocycles. The predicted molar refractivity (Wildman–Crippen MR) is 129 cm³/mol. The zero-order valence-electron chi connectivity index (χ0n) is 19.0. The van der Waals surface area contributed by atoms with Crippen molar-refractivity contribution in [2.45, 2.75) is 25.1 Å². The van der Waals surface area contributed by atoms with Gasteiger partial charge in [-0.15, -0.1) is 11.3 Å². The molecular formula is C23H24ClF3N4O4S. The van der Waals surface area contributed by atoms with Crippen LogP contribution in [0.15, 0.2) is 30.3 Å². The van der Waals surface area contributed by atoms with Crippen LogP contribution in [-0.4, -0.2) is 56.6 Å². The molecule has 194 valence electrons. The van der Waals surface area contributed by atoms with Gasteiger partial charge in [-0.05, 0) is 55.6 Å². The Bertz CT molecular complexity index is 1140. The normalized spacial score (nSPS) is 17.1. The Morgan fingerprint density at radius 1 is 1.22 bits per heavy atom. The minimum absolute atomic E-state index is 0.00404. The highest BCUT2D eigenvalue weighted by Gasteiger charge is 2.37. The van der Waals surface area contributed by atoms with Crippen LogP contribution in [0.4, 0.5) is 24.5 Å². The average molecular weight is 545 g/mol. The number of ether oxygens (including phenoxy) is 1. The first-order valence-corrected chi connectivity index (χ1v) is 12.5. The number of rotatable bonds is 9. The van der Waals surface area contributed by atoms with Crippen LogP contribution in [-0.2, 0) is 20.5 Å². The number of benzene rings is 1. The van der Waals surface area contributed by atoms with Crippen molar-refractivity contribution >= 4 is 52.0 Å². The minimum atomic E-state index is -4.76. The summed E-state index contributed by atoms with van der Waals surface area (Å²) in [4.78, 5) is 38.9. The van der Waals surface area contributed by atoms with E-state index in [-0.39, 0.29) is 37.7 Å². The van der Waals surface area contributed by atoms with Crippen molar-refractivity contribution in [2.24, 2.45) is 5.92 Å². The van der Waals surface area contributed by atoms with Crippen LogP contribution in [0, 0.1) is 5.92 Å². The summed E-state index contributed by atoms with van der Waals surface area (Å²) in [6.07, 6.45) is -2.70. The number of carbonyl (C=O) groups is 3. The van der Waals surface area contributed by atoms with Crippen LogP contribution in [0.2, 0.25) is 4.34 Å². The second kappa shape index (κ2) is 11.2. The zero-order valence-corrected chi connectivity index (χ0v) is 20.6. The molecule has 1 aliphatic carbocycles. The number of hydrogen-bond acceptors (Lipinski definition) is 6. The van der Waals surface area contributed by atoms with Crippen molar-refractivity contribution in [2.75, 3.05) is 43.1 Å². The maximum Gasteiger partial charge on any atom is 0.418 e. The molecule has 36 heavy (non-hydrogen) atoms. The number of hydrogen-bond donors (Lipinski definition) is 3. The molecule has 1 atom stereocenters. The van der Waals surface area contributed by atoms with Gasteiger partial charge in [0, 0.05) is 18.8 Å². The minimum Gasteiger partial charge on any atom is -0.370 e. The molecule has 8 nitrogen and oxygen atoms in total. The first-order chi connectivity index (χ1) is 17.1. The van der Waals surface area contributed by atoms with E-state index in [1.54, 1.807) is 12.1 Å². The number of halogens is 4. The molecule has 2 heterocycles. The topological polar surface area (TPSA) is 99.8 Å². The molecule has 0 bridgehead atoms. The van der Waals surface area contributed by atoms with Gasteiger partial charge in [0.1, 0.15) is 12.6 Å². The first kappa shape index (κ1) is 26.4. The Kier molecular flexibility index (Phi) is 8.18. The number of alkyl halides is 3. The number of nitrogens with one attached hydrogen (secondary N) is 3. The van der Waals surface area contributed by atoms with Gasteiger partial charge >= 0.3 is 6.18 Å². The maximum absolute atomic E-state index is 13.8. The number of morpholine rings is 1. The Hall–Kier alpha value is -2.67. The van der Waals surface area contributed by atoms with Gasteiger partial charge in [0.25, 0.3) is 11.8 Å². The monoisotopic (exact) mass is 544 g/mol. The molecule has 4 rings (SSSR count). The molecular weight excluding hydrogens is 521 g/mol. The Balaban J connectivity index is 1.48. The van der Waals surface area contributed by atoms with Gasteiger partial charge in [-0.2, -0.15) is 13.2 Å². The molecule has 13 heteroatoms. The number of amides is 3. The summed E-state index contributed by atoms with van der Waals surface area (Å²) in [5, 5.41) is 8.27. The fraction of sp³-hybridized carbons (Fsp3) is 0.435. The van der Waals surface area contributed by atoms with Crippen molar-refractivity contribution in [3.63, 3.8) is 0 Å². The van der Waals surface area contributed by atoms with E-state index in [4.69, 9.17) is 16.3 Å². The number of thiophene rings is 1. The highest BCUT2D eigenvalue weighted by molar-refractivity contribution is 7.18. The van der Waals surface area contributed by atoms with Gasteiger partial charge in [-0.3, -0.25) is 14.4 Å². The lowest BCUT2D eigenvalue weighted by Crippen LogP contribution is -2.49. The first-order valence-electron chi connectivity index (χ1n) is 11.3. The lowest BCUT2D eigenvalue weighted by Gasteiger charge is -2.29. The van der Waals surface area contributed by atoms with E-state index in [1.165, 1.54) is 6.07 Å². The third-order valence-electron chi connectivity index (χ3n) is 5.78. The summed E-state index contributed by atoms with van der Waals surface area (Å²) in [6, 6.07) is 5.56. The lowest BCUT2D eigenvalue weighted by atomic mass is 10.1. The maximum atomic E-state index is 13.8. The summed E-state index contributed by atoms with van der Waals surface area (Å²) < 4.78 is 47.0. The van der Waals surface area contributed by atoms with Crippen molar-refractivity contribution in [3.05, 3.63) is 45.1 Å². The summed E-state index contributed by atoms with van der Waals surface area (Å²) in [6.45, 7) is 0.298. The van der Waals surface area contributed by atoms with Crippen LogP contribution in [0.1, 0.15) is 28.1 Å². The third-order valence-corrected chi connectivity index (χ3v) is 7.01. The Morgan fingerprint density at radius 2 is 2.00 bits per heavy atom. The summed E-state index contributed by atoms with van der Waals surface area (Å²) in [5.41, 5.74) is -1.41. The fourth-order valence-corrected chi connectivity index (χ4v) is 4.64. The van der Waals surface area contributed by atoms with Crippen molar-refractivity contribution < 1.29 is 32.3 Å². The van der Waals surface area contributed by atoms with Gasteiger partial charge in [-0.1, -0.05) is 11.6 Å². The van der Waals surface area contributed by atoms with Crippen molar-refractivity contribution in [1.82, 2.24) is 10.6 Å².